The highest BCUT2D eigenvalue weighted by atomic mass is 16.6. The fraction of sp³-hybridized carbons (Fsp3) is 0.500. The molecule has 0 atom stereocenters. The van der Waals surface area contributed by atoms with E-state index in [-0.39, 0.29) is 12.7 Å². The zero-order chi connectivity index (χ0) is 24.8. The molecule has 7 nitrogen and oxygen atoms in total. The van der Waals surface area contributed by atoms with Crippen LogP contribution in [0.2, 0.25) is 0 Å². The van der Waals surface area contributed by atoms with E-state index >= 15 is 0 Å². The van der Waals surface area contributed by atoms with Gasteiger partial charge in [0.1, 0.15) is 11.4 Å². The van der Waals surface area contributed by atoms with Crippen LogP contribution in [0.3, 0.4) is 0 Å². The van der Waals surface area contributed by atoms with Crippen LogP contribution in [0.4, 0.5) is 4.79 Å². The molecule has 1 aromatic heterocycles. The predicted octanol–water partition coefficient (Wildman–Crippen LogP) is 5.52. The molecule has 0 aliphatic carbocycles. The van der Waals surface area contributed by atoms with Crippen molar-refractivity contribution in [1.29, 1.82) is 0 Å². The topological polar surface area (TPSA) is 85.0 Å². The lowest BCUT2D eigenvalue weighted by molar-refractivity contribution is 0.0181. The van der Waals surface area contributed by atoms with E-state index in [9.17, 15) is 9.90 Å². The Labute approximate surface area is 207 Å². The molecule has 0 unspecified atom stereocenters. The van der Waals surface area contributed by atoms with E-state index in [4.69, 9.17) is 14.0 Å². The minimum Gasteiger partial charge on any atom is -0.493 e. The first-order chi connectivity index (χ1) is 16.8. The molecule has 1 amide bonds. The molecular formula is C28H36N2O5. The zero-order valence-electron chi connectivity index (χ0n) is 21.0. The van der Waals surface area contributed by atoms with Crippen LogP contribution in [0.5, 0.6) is 5.75 Å². The molecular weight excluding hydrogens is 444 g/mol. The number of nitrogens with zero attached hydrogens (tertiary/aromatic N) is 2. The molecule has 0 spiro atoms. The van der Waals surface area contributed by atoms with Crippen LogP contribution in [-0.4, -0.2) is 46.6 Å². The van der Waals surface area contributed by atoms with Crippen LogP contribution in [-0.2, 0) is 24.2 Å². The standard InChI is InChI=1S/C28H36N2O5/c1-28(2,3)34-27(32)30-16-13-21(14-17-30)9-11-24-22-10-12-25(23(19-31)26(22)35-29-24)33-18-15-20-7-5-4-6-8-20/h4-8,10,12,21,31H,9,11,13-19H2,1-3H3. The van der Waals surface area contributed by atoms with E-state index in [1.165, 1.54) is 5.56 Å². The number of aliphatic hydroxyl groups is 1. The van der Waals surface area contributed by atoms with Gasteiger partial charge in [0, 0.05) is 24.9 Å². The number of aryl methyl sites for hydroxylation is 1. The number of carbonyl (C=O) groups is 1. The monoisotopic (exact) mass is 480 g/mol. The lowest BCUT2D eigenvalue weighted by Gasteiger charge is -2.33. The number of likely N-dealkylation sites (tertiary alicyclic amines) is 1. The molecule has 35 heavy (non-hydrogen) atoms. The maximum atomic E-state index is 12.3. The highest BCUT2D eigenvalue weighted by molar-refractivity contribution is 5.84. The van der Waals surface area contributed by atoms with Crippen molar-refractivity contribution in [2.24, 2.45) is 5.92 Å². The Morgan fingerprint density at radius 3 is 2.54 bits per heavy atom. The molecule has 1 aliphatic rings. The van der Waals surface area contributed by atoms with Crippen LogP contribution in [0.25, 0.3) is 11.0 Å². The lowest BCUT2D eigenvalue weighted by atomic mass is 9.91. The fourth-order valence-electron chi connectivity index (χ4n) is 4.55. The average molecular weight is 481 g/mol. The Hall–Kier alpha value is -3.06. The van der Waals surface area contributed by atoms with Gasteiger partial charge in [0.2, 0.25) is 0 Å². The van der Waals surface area contributed by atoms with Gasteiger partial charge in [0.05, 0.1) is 24.5 Å². The van der Waals surface area contributed by atoms with Crippen LogP contribution in [0.1, 0.15) is 56.9 Å². The molecule has 0 radical (unpaired) electrons. The predicted molar refractivity (Wildman–Crippen MR) is 134 cm³/mol. The second-order valence-corrected chi connectivity index (χ2v) is 10.2. The molecule has 1 N–H and O–H groups in total. The summed E-state index contributed by atoms with van der Waals surface area (Å²) in [7, 11) is 0. The summed E-state index contributed by atoms with van der Waals surface area (Å²) in [6.07, 6.45) is 4.25. The fourth-order valence-corrected chi connectivity index (χ4v) is 4.55. The van der Waals surface area contributed by atoms with Crippen molar-refractivity contribution >= 4 is 17.1 Å². The molecule has 2 aromatic carbocycles. The summed E-state index contributed by atoms with van der Waals surface area (Å²) in [5.74, 6) is 1.16. The average Bonchev–Trinajstić information content (AvgIpc) is 3.25. The maximum Gasteiger partial charge on any atom is 0.410 e. The van der Waals surface area contributed by atoms with E-state index < -0.39 is 5.60 Å². The van der Waals surface area contributed by atoms with Crippen molar-refractivity contribution in [3.63, 3.8) is 0 Å². The van der Waals surface area contributed by atoms with Crippen LogP contribution < -0.4 is 4.74 Å². The van der Waals surface area contributed by atoms with Crippen molar-refractivity contribution in [2.45, 2.75) is 65.1 Å². The second-order valence-electron chi connectivity index (χ2n) is 10.2. The number of benzene rings is 2. The molecule has 188 valence electrons. The second kappa shape index (κ2) is 11.1. The van der Waals surface area contributed by atoms with Gasteiger partial charge >= 0.3 is 6.09 Å². The Balaban J connectivity index is 1.32. The van der Waals surface area contributed by atoms with E-state index in [2.05, 4.69) is 17.3 Å². The third-order valence-electron chi connectivity index (χ3n) is 6.48. The largest absolute Gasteiger partial charge is 0.493 e. The number of rotatable bonds is 8. The van der Waals surface area contributed by atoms with Crippen LogP contribution >= 0.6 is 0 Å². The molecule has 0 bridgehead atoms. The van der Waals surface area contributed by atoms with E-state index in [0.717, 1.165) is 56.3 Å². The van der Waals surface area contributed by atoms with Gasteiger partial charge in [-0.1, -0.05) is 35.5 Å². The summed E-state index contributed by atoms with van der Waals surface area (Å²) in [4.78, 5) is 14.1. The minimum absolute atomic E-state index is 0.171. The number of hydrogen-bond acceptors (Lipinski definition) is 6. The van der Waals surface area contributed by atoms with Gasteiger partial charge in [-0.2, -0.15) is 0 Å². The van der Waals surface area contributed by atoms with Gasteiger partial charge in [-0.25, -0.2) is 4.79 Å². The van der Waals surface area contributed by atoms with Crippen molar-refractivity contribution in [2.75, 3.05) is 19.7 Å². The van der Waals surface area contributed by atoms with Gasteiger partial charge < -0.3 is 24.0 Å². The molecule has 4 rings (SSSR count). The van der Waals surface area contributed by atoms with Crippen molar-refractivity contribution in [3.05, 3.63) is 59.3 Å². The lowest BCUT2D eigenvalue weighted by Crippen LogP contribution is -2.41. The van der Waals surface area contributed by atoms with E-state index in [1.807, 2.05) is 51.1 Å². The first kappa shape index (κ1) is 25.0. The summed E-state index contributed by atoms with van der Waals surface area (Å²) < 4.78 is 17.1. The highest BCUT2D eigenvalue weighted by Gasteiger charge is 2.27. The summed E-state index contributed by atoms with van der Waals surface area (Å²) in [5, 5.41) is 15.2. The molecule has 1 saturated heterocycles. The SMILES string of the molecule is CC(C)(C)OC(=O)N1CCC(CCc2noc3c(CO)c(OCCc4ccccc4)ccc23)CC1. The van der Waals surface area contributed by atoms with Crippen LogP contribution in [0, 0.1) is 5.92 Å². The quantitative estimate of drug-likeness (QED) is 0.457. The van der Waals surface area contributed by atoms with Crippen LogP contribution in [0.15, 0.2) is 47.0 Å². The Morgan fingerprint density at radius 1 is 1.11 bits per heavy atom. The highest BCUT2D eigenvalue weighted by Crippen LogP contribution is 2.32. The minimum atomic E-state index is -0.470. The number of piperidine rings is 1. The number of carbonyl (C=O) groups excluding carboxylic acids is 1. The first-order valence-electron chi connectivity index (χ1n) is 12.5. The number of aromatic nitrogens is 1. The summed E-state index contributed by atoms with van der Waals surface area (Å²) in [6.45, 7) is 7.46. The van der Waals surface area contributed by atoms with Crippen molar-refractivity contribution < 1.29 is 23.9 Å². The Morgan fingerprint density at radius 2 is 1.86 bits per heavy atom. The first-order valence-corrected chi connectivity index (χ1v) is 12.5. The maximum absolute atomic E-state index is 12.3. The van der Waals surface area contributed by atoms with E-state index in [1.54, 1.807) is 4.90 Å². The van der Waals surface area contributed by atoms with Crippen molar-refractivity contribution in [1.82, 2.24) is 10.1 Å². The summed E-state index contributed by atoms with van der Waals surface area (Å²) >= 11 is 0. The molecule has 3 aromatic rings. The molecule has 2 heterocycles. The molecule has 1 fully saturated rings. The zero-order valence-corrected chi connectivity index (χ0v) is 21.0. The number of amides is 1. The number of aliphatic hydroxyl groups excluding tert-OH is 1. The number of fused-ring (bicyclic) bond motifs is 1. The number of hydrogen-bond donors (Lipinski definition) is 1. The molecule has 7 heteroatoms. The number of ether oxygens (including phenoxy) is 2. The Kier molecular flexibility index (Phi) is 7.96. The summed E-state index contributed by atoms with van der Waals surface area (Å²) in [6, 6.07) is 14.0. The van der Waals surface area contributed by atoms with Gasteiger partial charge in [0.15, 0.2) is 5.58 Å². The van der Waals surface area contributed by atoms with Gasteiger partial charge in [-0.05, 0) is 70.1 Å². The third kappa shape index (κ3) is 6.54. The molecule has 1 aliphatic heterocycles. The van der Waals surface area contributed by atoms with Gasteiger partial charge in [0.25, 0.3) is 0 Å². The van der Waals surface area contributed by atoms with Crippen molar-refractivity contribution in [3.8, 4) is 5.75 Å². The smallest absolute Gasteiger partial charge is 0.410 e. The normalized spacial score (nSPS) is 14.9. The summed E-state index contributed by atoms with van der Waals surface area (Å²) in [5.41, 5.74) is 2.87. The van der Waals surface area contributed by atoms with Gasteiger partial charge in [-0.15, -0.1) is 0 Å². The van der Waals surface area contributed by atoms with E-state index in [0.29, 0.717) is 29.4 Å². The third-order valence-corrected chi connectivity index (χ3v) is 6.48. The van der Waals surface area contributed by atoms with Gasteiger partial charge in [-0.3, -0.25) is 0 Å². The molecule has 0 saturated carbocycles. The Bertz CT molecular complexity index is 1110.